The van der Waals surface area contributed by atoms with Gasteiger partial charge in [0.2, 0.25) is 0 Å². The summed E-state index contributed by atoms with van der Waals surface area (Å²) in [6.07, 6.45) is 1.58. The molecule has 0 amide bonds. The summed E-state index contributed by atoms with van der Waals surface area (Å²) < 4.78 is 23.4. The van der Waals surface area contributed by atoms with Gasteiger partial charge in [0, 0.05) is 23.7 Å². The molecule has 2 aromatic carbocycles. The lowest BCUT2D eigenvalue weighted by Crippen LogP contribution is -2.26. The van der Waals surface area contributed by atoms with E-state index in [1.54, 1.807) is 42.1 Å². The normalized spacial score (nSPS) is 12.1. The van der Waals surface area contributed by atoms with Gasteiger partial charge in [-0.1, -0.05) is 41.4 Å². The minimum Gasteiger partial charge on any atom is -0.497 e. The maximum Gasteiger partial charge on any atom is 0.356 e. The van der Waals surface area contributed by atoms with Crippen LogP contribution in [-0.2, 0) is 13.0 Å². The van der Waals surface area contributed by atoms with Crippen molar-refractivity contribution in [2.75, 3.05) is 7.11 Å². The Hall–Kier alpha value is -3.14. The highest BCUT2D eigenvalue weighted by Crippen LogP contribution is 2.36. The van der Waals surface area contributed by atoms with Gasteiger partial charge in [-0.2, -0.15) is 0 Å². The number of carbonyl (C=O) groups is 1. The van der Waals surface area contributed by atoms with Crippen molar-refractivity contribution in [2.24, 2.45) is 0 Å². The van der Waals surface area contributed by atoms with Crippen LogP contribution in [0, 0.1) is 5.82 Å². The monoisotopic (exact) mass is 635 g/mol. The molecule has 0 aliphatic heterocycles. The quantitative estimate of drug-likeness (QED) is 0.215. The van der Waals surface area contributed by atoms with Crippen LogP contribution in [0.2, 0.25) is 10.0 Å². The molecule has 0 saturated heterocycles. The third-order valence-electron chi connectivity index (χ3n) is 6.36. The number of aromatic nitrogens is 3. The summed E-state index contributed by atoms with van der Waals surface area (Å²) in [6.45, 7) is 4.01. The van der Waals surface area contributed by atoms with Crippen molar-refractivity contribution in [2.45, 2.75) is 38.8 Å². The predicted molar refractivity (Wildman–Crippen MR) is 152 cm³/mol. The minimum atomic E-state index is -1.24. The van der Waals surface area contributed by atoms with Gasteiger partial charge in [-0.25, -0.2) is 14.2 Å². The second-order valence-corrected chi connectivity index (χ2v) is 10.8. The molecule has 2 heterocycles. The number of carboxylic acid groups (broad SMARTS) is 1. The summed E-state index contributed by atoms with van der Waals surface area (Å²) in [5, 5.41) is 10.3. The van der Waals surface area contributed by atoms with Crippen LogP contribution in [0.3, 0.4) is 0 Å². The first-order valence-electron chi connectivity index (χ1n) is 12.0. The zero-order chi connectivity index (χ0) is 28.4. The van der Waals surface area contributed by atoms with Crippen LogP contribution in [0.1, 0.15) is 58.7 Å². The van der Waals surface area contributed by atoms with Crippen molar-refractivity contribution in [3.63, 3.8) is 0 Å². The van der Waals surface area contributed by atoms with E-state index in [-0.39, 0.29) is 35.3 Å². The van der Waals surface area contributed by atoms with Crippen LogP contribution in [0.25, 0.3) is 0 Å². The van der Waals surface area contributed by atoms with Gasteiger partial charge in [-0.15, -0.1) is 0 Å². The van der Waals surface area contributed by atoms with Gasteiger partial charge < -0.3 is 19.0 Å². The number of rotatable bonds is 9. The van der Waals surface area contributed by atoms with Gasteiger partial charge in [0.25, 0.3) is 5.56 Å². The molecule has 11 heteroatoms. The lowest BCUT2D eigenvalue weighted by Gasteiger charge is -2.23. The first kappa shape index (κ1) is 28.9. The van der Waals surface area contributed by atoms with Crippen LogP contribution in [0.4, 0.5) is 4.39 Å². The molecule has 0 bridgehead atoms. The van der Waals surface area contributed by atoms with E-state index in [1.165, 1.54) is 16.7 Å². The molecule has 1 N–H and O–H groups in total. The number of pyridine rings is 1. The van der Waals surface area contributed by atoms with Crippen LogP contribution in [-0.4, -0.2) is 32.3 Å². The molecule has 4 aromatic rings. The van der Waals surface area contributed by atoms with Crippen molar-refractivity contribution >= 4 is 45.1 Å². The average molecular weight is 637 g/mol. The highest BCUT2D eigenvalue weighted by Gasteiger charge is 2.31. The van der Waals surface area contributed by atoms with Crippen molar-refractivity contribution in [1.29, 1.82) is 0 Å². The van der Waals surface area contributed by atoms with Crippen LogP contribution >= 0.6 is 39.1 Å². The maximum atomic E-state index is 14.6. The van der Waals surface area contributed by atoms with Gasteiger partial charge in [0.15, 0.2) is 10.4 Å². The molecule has 0 radical (unpaired) electrons. The van der Waals surface area contributed by atoms with Gasteiger partial charge in [0.1, 0.15) is 11.6 Å². The number of methoxy groups -OCH3 is 1. The van der Waals surface area contributed by atoms with E-state index >= 15 is 0 Å². The van der Waals surface area contributed by atoms with Crippen LogP contribution in [0.15, 0.2) is 64.3 Å². The van der Waals surface area contributed by atoms with Crippen molar-refractivity contribution in [3.8, 4) is 5.75 Å². The third-order valence-corrected chi connectivity index (χ3v) is 7.44. The van der Waals surface area contributed by atoms with Crippen LogP contribution in [0.5, 0.6) is 5.75 Å². The lowest BCUT2D eigenvalue weighted by atomic mass is 9.88. The van der Waals surface area contributed by atoms with E-state index in [0.717, 1.165) is 5.56 Å². The molecule has 204 valence electrons. The number of carboxylic acids is 1. The number of hydrogen-bond donors (Lipinski definition) is 1. The van der Waals surface area contributed by atoms with Gasteiger partial charge in [-0.3, -0.25) is 4.79 Å². The molecule has 39 heavy (non-hydrogen) atoms. The second-order valence-electron chi connectivity index (χ2n) is 9.28. The molecular formula is C28H25BrCl2FN3O4. The third kappa shape index (κ3) is 6.21. The molecule has 0 aliphatic rings. The maximum absolute atomic E-state index is 14.6. The Kier molecular flexibility index (Phi) is 8.83. The highest BCUT2D eigenvalue weighted by molar-refractivity contribution is 9.10. The Labute approximate surface area is 242 Å². The smallest absolute Gasteiger partial charge is 0.356 e. The molecule has 0 fully saturated rings. The van der Waals surface area contributed by atoms with E-state index in [1.807, 2.05) is 26.0 Å². The summed E-state index contributed by atoms with van der Waals surface area (Å²) >= 11 is 15.8. The molecule has 4 rings (SSSR count). The van der Waals surface area contributed by atoms with E-state index in [0.29, 0.717) is 32.3 Å². The molecule has 1 unspecified atom stereocenters. The van der Waals surface area contributed by atoms with E-state index < -0.39 is 17.7 Å². The number of nitrogens with zero attached hydrogens (tertiary/aromatic N) is 3. The summed E-state index contributed by atoms with van der Waals surface area (Å²) in [5.41, 5.74) is 1.46. The SMILES string of the molecule is COc1ccc(Cn2cc(Cl)cc(CC(c3ccc(Cl)c(F)c3)c3c(C(=O)O)nc(Br)n3C(C)C)c2=O)cc1. The molecule has 2 aromatic heterocycles. The standard InChI is InChI=1S/C28H25BrCl2FN3O4/c1-15(2)35-25(24(27(37)38)33-28(35)29)21(17-6-9-22(31)23(32)12-17)11-18-10-19(30)14-34(26(18)36)13-16-4-7-20(39-3)8-5-16/h4-10,12,14-15,21H,11,13H2,1-3H3,(H,37,38). The minimum absolute atomic E-state index is 0.0359. The van der Waals surface area contributed by atoms with Gasteiger partial charge >= 0.3 is 5.97 Å². The summed E-state index contributed by atoms with van der Waals surface area (Å²) in [6, 6.07) is 12.9. The fraction of sp³-hybridized carbons (Fsp3) is 0.250. The summed E-state index contributed by atoms with van der Waals surface area (Å²) in [7, 11) is 1.57. The predicted octanol–water partition coefficient (Wildman–Crippen LogP) is 6.96. The number of halogens is 4. The fourth-order valence-electron chi connectivity index (χ4n) is 4.57. The molecular weight excluding hydrogens is 612 g/mol. The highest BCUT2D eigenvalue weighted by atomic mass is 79.9. The van der Waals surface area contributed by atoms with E-state index in [4.69, 9.17) is 27.9 Å². The topological polar surface area (TPSA) is 86.3 Å². The van der Waals surface area contributed by atoms with Crippen molar-refractivity contribution in [1.82, 2.24) is 14.1 Å². The Morgan fingerprint density at radius 1 is 1.15 bits per heavy atom. The van der Waals surface area contributed by atoms with E-state index in [9.17, 15) is 19.1 Å². The lowest BCUT2D eigenvalue weighted by molar-refractivity contribution is 0.0689. The average Bonchev–Trinajstić information content (AvgIpc) is 3.24. The second kappa shape index (κ2) is 11.9. The Bertz CT molecular complexity index is 1590. The zero-order valence-corrected chi connectivity index (χ0v) is 24.4. The molecule has 0 aliphatic carbocycles. The number of aromatic carboxylic acids is 1. The van der Waals surface area contributed by atoms with Gasteiger partial charge in [-0.05, 0) is 77.7 Å². The van der Waals surface area contributed by atoms with Crippen molar-refractivity contribution < 1.29 is 19.0 Å². The van der Waals surface area contributed by atoms with Crippen LogP contribution < -0.4 is 10.3 Å². The Balaban J connectivity index is 1.87. The van der Waals surface area contributed by atoms with E-state index in [2.05, 4.69) is 20.9 Å². The summed E-state index contributed by atoms with van der Waals surface area (Å²) in [5.74, 6) is -1.97. The number of imidazole rings is 1. The Morgan fingerprint density at radius 3 is 2.44 bits per heavy atom. The summed E-state index contributed by atoms with van der Waals surface area (Å²) in [4.78, 5) is 30.1. The first-order valence-corrected chi connectivity index (χ1v) is 13.5. The molecule has 0 spiro atoms. The number of ether oxygens (including phenoxy) is 1. The molecule has 0 saturated carbocycles. The number of benzene rings is 2. The Morgan fingerprint density at radius 2 is 1.85 bits per heavy atom. The number of hydrogen-bond acceptors (Lipinski definition) is 4. The first-order chi connectivity index (χ1) is 18.5. The zero-order valence-electron chi connectivity index (χ0n) is 21.3. The molecule has 1 atom stereocenters. The fourth-order valence-corrected chi connectivity index (χ4v) is 5.71. The largest absolute Gasteiger partial charge is 0.497 e. The van der Waals surface area contributed by atoms with Crippen molar-refractivity contribution in [3.05, 3.63) is 114 Å². The molecule has 7 nitrogen and oxygen atoms in total. The van der Waals surface area contributed by atoms with Gasteiger partial charge in [0.05, 0.1) is 29.4 Å².